The van der Waals surface area contributed by atoms with Crippen LogP contribution in [0.2, 0.25) is 0 Å². The molecule has 0 aromatic heterocycles. The number of hydrogen-bond acceptors (Lipinski definition) is 8. The van der Waals surface area contributed by atoms with E-state index in [1.165, 1.54) is 0 Å². The van der Waals surface area contributed by atoms with Crippen molar-refractivity contribution < 1.29 is 38.2 Å². The second-order valence-corrected chi connectivity index (χ2v) is 4.71. The van der Waals surface area contributed by atoms with Gasteiger partial charge >= 0.3 is 24.0 Å². The number of nitrogens with two attached hydrogens (primary N) is 2. The molecule has 0 bridgehead atoms. The van der Waals surface area contributed by atoms with Crippen LogP contribution in [0, 0.1) is 0 Å². The highest BCUT2D eigenvalue weighted by atomic mass is 16.5. The molecule has 6 amide bonds. The number of imide groups is 2. The fourth-order valence-corrected chi connectivity index (χ4v) is 1.12. The molecule has 0 fully saturated rings. The zero-order valence-electron chi connectivity index (χ0n) is 15.6. The topological polar surface area (TPSA) is 197 Å². The Kier molecular flexibility index (Phi) is 15.9. The molecule has 28 heavy (non-hydrogen) atoms. The fraction of sp³-hybridized carbons (Fsp3) is 0.375. The molecule has 0 saturated carbocycles. The third kappa shape index (κ3) is 20.3. The minimum absolute atomic E-state index is 0.292. The Hall–Kier alpha value is -3.70. The summed E-state index contributed by atoms with van der Waals surface area (Å²) < 4.78 is 9.25. The second-order valence-electron chi connectivity index (χ2n) is 4.71. The van der Waals surface area contributed by atoms with Crippen LogP contribution in [0.25, 0.3) is 0 Å². The van der Waals surface area contributed by atoms with E-state index in [0.29, 0.717) is 26.1 Å². The Morgan fingerprint density at radius 3 is 1.25 bits per heavy atom. The molecular formula is C16H24N4O8. The zero-order valence-corrected chi connectivity index (χ0v) is 15.6. The average molecular weight is 400 g/mol. The van der Waals surface area contributed by atoms with Gasteiger partial charge in [-0.05, 0) is 12.8 Å². The van der Waals surface area contributed by atoms with Gasteiger partial charge in [-0.25, -0.2) is 19.2 Å². The highest BCUT2D eigenvalue weighted by Gasteiger charge is 2.01. The van der Waals surface area contributed by atoms with Crippen molar-refractivity contribution in [3.63, 3.8) is 0 Å². The molecule has 0 unspecified atom stereocenters. The van der Waals surface area contributed by atoms with Gasteiger partial charge in [-0.3, -0.25) is 20.2 Å². The molecule has 6 N–H and O–H groups in total. The van der Waals surface area contributed by atoms with E-state index in [-0.39, 0.29) is 0 Å². The zero-order chi connectivity index (χ0) is 21.9. The Bertz CT molecular complexity index is 574. The number of rotatable bonds is 8. The Balaban J connectivity index is 0. The molecule has 0 saturated heterocycles. The lowest BCUT2D eigenvalue weighted by Crippen LogP contribution is -2.33. The summed E-state index contributed by atoms with van der Waals surface area (Å²) in [4.78, 5) is 63.4. The van der Waals surface area contributed by atoms with Crippen molar-refractivity contribution in [3.8, 4) is 0 Å². The molecule has 0 aromatic carbocycles. The highest BCUT2D eigenvalue weighted by molar-refractivity contribution is 6.03. The molecule has 156 valence electrons. The molecule has 0 spiro atoms. The van der Waals surface area contributed by atoms with E-state index in [9.17, 15) is 28.8 Å². The van der Waals surface area contributed by atoms with Gasteiger partial charge in [0.05, 0.1) is 13.2 Å². The number of urea groups is 2. The van der Waals surface area contributed by atoms with Gasteiger partial charge in [-0.1, -0.05) is 13.8 Å². The lowest BCUT2D eigenvalue weighted by atomic mass is 10.4. The number of ether oxygens (including phenoxy) is 2. The van der Waals surface area contributed by atoms with Gasteiger partial charge in [0, 0.05) is 24.3 Å². The maximum atomic E-state index is 10.8. The lowest BCUT2D eigenvalue weighted by Gasteiger charge is -1.97. The van der Waals surface area contributed by atoms with Crippen LogP contribution < -0.4 is 22.1 Å². The number of carbonyl (C=O) groups is 6. The van der Waals surface area contributed by atoms with E-state index in [1.807, 2.05) is 13.8 Å². The van der Waals surface area contributed by atoms with E-state index < -0.39 is 35.8 Å². The molecule has 0 atom stereocenters. The van der Waals surface area contributed by atoms with Crippen molar-refractivity contribution in [3.05, 3.63) is 24.3 Å². The van der Waals surface area contributed by atoms with Crippen LogP contribution in [0.4, 0.5) is 9.59 Å². The van der Waals surface area contributed by atoms with Crippen LogP contribution in [0.15, 0.2) is 24.3 Å². The van der Waals surface area contributed by atoms with Crippen LogP contribution in [-0.4, -0.2) is 49.0 Å². The molecule has 0 aliphatic rings. The van der Waals surface area contributed by atoms with E-state index in [1.54, 1.807) is 10.6 Å². The van der Waals surface area contributed by atoms with Crippen molar-refractivity contribution in [1.82, 2.24) is 10.6 Å². The average Bonchev–Trinajstić information content (AvgIpc) is 2.60. The first-order valence-electron chi connectivity index (χ1n) is 8.02. The van der Waals surface area contributed by atoms with Crippen LogP contribution in [0.5, 0.6) is 0 Å². The number of nitrogens with one attached hydrogen (secondary N) is 2. The largest absolute Gasteiger partial charge is 0.463 e. The van der Waals surface area contributed by atoms with Crippen molar-refractivity contribution in [2.75, 3.05) is 13.2 Å². The first-order chi connectivity index (χ1) is 13.1. The van der Waals surface area contributed by atoms with Crippen LogP contribution in [0.1, 0.15) is 26.7 Å². The van der Waals surface area contributed by atoms with Crippen molar-refractivity contribution in [2.24, 2.45) is 11.5 Å². The Morgan fingerprint density at radius 2 is 1.00 bits per heavy atom. The first-order valence-corrected chi connectivity index (χ1v) is 8.02. The van der Waals surface area contributed by atoms with Crippen molar-refractivity contribution in [2.45, 2.75) is 26.7 Å². The predicted octanol–water partition coefficient (Wildman–Crippen LogP) is -0.619. The summed E-state index contributed by atoms with van der Waals surface area (Å²) in [5.74, 6) is -2.78. The summed E-state index contributed by atoms with van der Waals surface area (Å²) in [7, 11) is 0. The molecule has 12 heteroatoms. The highest BCUT2D eigenvalue weighted by Crippen LogP contribution is 1.85. The van der Waals surface area contributed by atoms with Crippen LogP contribution in [0.3, 0.4) is 0 Å². The first kappa shape index (κ1) is 26.5. The van der Waals surface area contributed by atoms with Crippen molar-refractivity contribution >= 4 is 35.8 Å². The van der Waals surface area contributed by atoms with Gasteiger partial charge in [-0.15, -0.1) is 0 Å². The minimum atomic E-state index is -0.971. The normalized spacial score (nSPS) is 9.79. The van der Waals surface area contributed by atoms with Crippen molar-refractivity contribution in [1.29, 1.82) is 0 Å². The number of carbonyl (C=O) groups excluding carboxylic acids is 6. The number of amides is 6. The molecular weight excluding hydrogens is 376 g/mol. The Morgan fingerprint density at radius 1 is 0.679 bits per heavy atom. The Labute approximate surface area is 161 Å². The van der Waals surface area contributed by atoms with Gasteiger partial charge in [-0.2, -0.15) is 0 Å². The number of esters is 2. The molecule has 0 heterocycles. The SMILES string of the molecule is CCCOC(=O)/C=C/C(=O)NC(N)=O.CCCOC(=O)/C=C/C(=O)NC(N)=O. The number of primary amides is 2. The molecule has 0 radical (unpaired) electrons. The summed E-state index contributed by atoms with van der Waals surface area (Å²) in [5.41, 5.74) is 9.32. The van der Waals surface area contributed by atoms with E-state index >= 15 is 0 Å². The fourth-order valence-electron chi connectivity index (χ4n) is 1.12. The molecule has 0 rings (SSSR count). The lowest BCUT2D eigenvalue weighted by molar-refractivity contribution is -0.138. The summed E-state index contributed by atoms with van der Waals surface area (Å²) in [5, 5.41) is 3.52. The smallest absolute Gasteiger partial charge is 0.330 e. The van der Waals surface area contributed by atoms with Crippen LogP contribution in [-0.2, 0) is 28.7 Å². The maximum absolute atomic E-state index is 10.8. The third-order valence-corrected chi connectivity index (χ3v) is 2.13. The van der Waals surface area contributed by atoms with Gasteiger partial charge in [0.15, 0.2) is 0 Å². The summed E-state index contributed by atoms with van der Waals surface area (Å²) in [6.07, 6.45) is 5.01. The second kappa shape index (κ2) is 16.8. The summed E-state index contributed by atoms with van der Waals surface area (Å²) >= 11 is 0. The molecule has 0 aromatic rings. The monoisotopic (exact) mass is 400 g/mol. The minimum Gasteiger partial charge on any atom is -0.463 e. The number of hydrogen-bond donors (Lipinski definition) is 4. The van der Waals surface area contributed by atoms with Gasteiger partial charge in [0.1, 0.15) is 0 Å². The molecule has 0 aliphatic carbocycles. The van der Waals surface area contributed by atoms with Gasteiger partial charge < -0.3 is 20.9 Å². The van der Waals surface area contributed by atoms with Gasteiger partial charge in [0.2, 0.25) is 0 Å². The van der Waals surface area contributed by atoms with Crippen LogP contribution >= 0.6 is 0 Å². The van der Waals surface area contributed by atoms with E-state index in [2.05, 4.69) is 20.9 Å². The summed E-state index contributed by atoms with van der Waals surface area (Å²) in [6.45, 7) is 4.27. The van der Waals surface area contributed by atoms with E-state index in [0.717, 1.165) is 24.3 Å². The third-order valence-electron chi connectivity index (χ3n) is 2.13. The molecule has 0 aliphatic heterocycles. The quantitative estimate of drug-likeness (QED) is 0.305. The predicted molar refractivity (Wildman–Crippen MR) is 96.2 cm³/mol. The maximum Gasteiger partial charge on any atom is 0.330 e. The molecule has 12 nitrogen and oxygen atoms in total. The van der Waals surface area contributed by atoms with E-state index in [4.69, 9.17) is 0 Å². The standard InChI is InChI=1S/2C8H12N2O4/c2*1-2-5-14-7(12)4-3-6(11)10-8(9)13/h2*3-4H,2,5H2,1H3,(H3,9,10,11,13)/b2*4-3+. The summed E-state index contributed by atoms with van der Waals surface area (Å²) in [6, 6.07) is -1.94. The van der Waals surface area contributed by atoms with Gasteiger partial charge in [0.25, 0.3) is 11.8 Å².